The summed E-state index contributed by atoms with van der Waals surface area (Å²) in [5.74, 6) is 1.04. The predicted octanol–water partition coefficient (Wildman–Crippen LogP) is 3.38. The van der Waals surface area contributed by atoms with Crippen LogP contribution < -0.4 is 0 Å². The minimum atomic E-state index is -0.833. The molecule has 0 aromatic heterocycles. The molecule has 0 bridgehead atoms. The van der Waals surface area contributed by atoms with Gasteiger partial charge in [0.2, 0.25) is 0 Å². The number of hydrogen-bond acceptors (Lipinski definition) is 4. The molecule has 4 fully saturated rings. The molecular weight excluding hydrogens is 368 g/mol. The van der Waals surface area contributed by atoms with Gasteiger partial charge in [-0.05, 0) is 69.1 Å². The van der Waals surface area contributed by atoms with Crippen LogP contribution in [0.4, 0.5) is 0 Å². The summed E-state index contributed by atoms with van der Waals surface area (Å²) in [5, 5.41) is 27.9. The highest BCUT2D eigenvalue weighted by Gasteiger charge is 2.65. The van der Waals surface area contributed by atoms with Crippen LogP contribution in [0.2, 0.25) is 0 Å². The number of carboxylic acids is 1. The standard InChI is InChI=1S/C19H29ClO3.C2H4O2/c1-17-7-6-15-13(14(17)2-3-16(17)23)5-9-19(20)10-12(22)4-8-18(15,19)11-21;1-2(3)4/h12-15,21-22H,2-11H2,1H3;1H3,(H,3,4)/t12-,13-,14-,15-,17-,18-,19+;/m0./s1. The summed E-state index contributed by atoms with van der Waals surface area (Å²) in [7, 11) is 0. The van der Waals surface area contributed by atoms with Crippen molar-refractivity contribution in [3.05, 3.63) is 0 Å². The quantitative estimate of drug-likeness (QED) is 0.586. The Hall–Kier alpha value is -0.650. The third-order valence-electron chi connectivity index (χ3n) is 8.39. The van der Waals surface area contributed by atoms with E-state index in [1.165, 1.54) is 0 Å². The molecule has 4 aliphatic carbocycles. The second kappa shape index (κ2) is 7.31. The first-order chi connectivity index (χ1) is 12.6. The third kappa shape index (κ3) is 3.24. The van der Waals surface area contributed by atoms with Gasteiger partial charge >= 0.3 is 0 Å². The second-order valence-electron chi connectivity index (χ2n) is 9.53. The van der Waals surface area contributed by atoms with E-state index in [2.05, 4.69) is 6.92 Å². The maximum absolute atomic E-state index is 12.4. The Morgan fingerprint density at radius 2 is 1.81 bits per heavy atom. The predicted molar refractivity (Wildman–Crippen MR) is 103 cm³/mol. The minimum Gasteiger partial charge on any atom is -0.481 e. The van der Waals surface area contributed by atoms with Crippen molar-refractivity contribution < 1.29 is 24.9 Å². The van der Waals surface area contributed by atoms with E-state index in [0.29, 0.717) is 30.0 Å². The molecule has 4 saturated carbocycles. The van der Waals surface area contributed by atoms with Crippen LogP contribution in [-0.2, 0) is 9.59 Å². The van der Waals surface area contributed by atoms with E-state index >= 15 is 0 Å². The van der Waals surface area contributed by atoms with Crippen molar-refractivity contribution >= 4 is 23.4 Å². The Bertz CT molecular complexity index is 605. The first-order valence-corrected chi connectivity index (χ1v) is 10.7. The summed E-state index contributed by atoms with van der Waals surface area (Å²) in [6.07, 6.45) is 7.50. The highest BCUT2D eigenvalue weighted by Crippen LogP contribution is 2.68. The number of aliphatic hydroxyl groups is 2. The highest BCUT2D eigenvalue weighted by molar-refractivity contribution is 6.24. The van der Waals surface area contributed by atoms with Crippen LogP contribution in [0.3, 0.4) is 0 Å². The largest absolute Gasteiger partial charge is 0.481 e. The van der Waals surface area contributed by atoms with Gasteiger partial charge in [-0.3, -0.25) is 9.59 Å². The molecule has 6 heteroatoms. The Labute approximate surface area is 166 Å². The molecule has 154 valence electrons. The summed E-state index contributed by atoms with van der Waals surface area (Å²) in [4.78, 5) is 21.0. The van der Waals surface area contributed by atoms with E-state index in [4.69, 9.17) is 21.5 Å². The van der Waals surface area contributed by atoms with Crippen molar-refractivity contribution in [2.24, 2.45) is 28.6 Å². The summed E-state index contributed by atoms with van der Waals surface area (Å²) < 4.78 is 0. The van der Waals surface area contributed by atoms with E-state index in [9.17, 15) is 15.0 Å². The van der Waals surface area contributed by atoms with E-state index < -0.39 is 10.8 Å². The number of fused-ring (bicyclic) bond motifs is 5. The number of alkyl halides is 1. The fourth-order valence-electron chi connectivity index (χ4n) is 7.08. The SMILES string of the molecule is CC(=O)O.C[C@]12CC[C@H]3[C@@H](CC[C@@]4(Cl)C[C@@H](O)CC[C@]34CO)[C@@H]1CCC2=O. The van der Waals surface area contributed by atoms with Crippen LogP contribution in [0.5, 0.6) is 0 Å². The minimum absolute atomic E-state index is 0.127. The van der Waals surface area contributed by atoms with Crippen LogP contribution in [0, 0.1) is 28.6 Å². The number of hydrogen-bond donors (Lipinski definition) is 3. The molecule has 0 amide bonds. The van der Waals surface area contributed by atoms with Crippen LogP contribution >= 0.6 is 11.6 Å². The molecule has 7 atom stereocenters. The number of carbonyl (C=O) groups is 2. The van der Waals surface area contributed by atoms with Gasteiger partial charge < -0.3 is 15.3 Å². The van der Waals surface area contributed by atoms with Crippen molar-refractivity contribution in [1.29, 1.82) is 0 Å². The van der Waals surface area contributed by atoms with E-state index in [1.807, 2.05) is 0 Å². The Kier molecular flexibility index (Phi) is 5.70. The Morgan fingerprint density at radius 1 is 1.15 bits per heavy atom. The maximum Gasteiger partial charge on any atom is 0.300 e. The molecule has 0 heterocycles. The van der Waals surface area contributed by atoms with Crippen LogP contribution in [0.25, 0.3) is 0 Å². The molecule has 27 heavy (non-hydrogen) atoms. The number of halogens is 1. The lowest BCUT2D eigenvalue weighted by Crippen LogP contribution is -2.63. The fourth-order valence-corrected chi connectivity index (χ4v) is 7.66. The zero-order valence-electron chi connectivity index (χ0n) is 16.4. The van der Waals surface area contributed by atoms with Gasteiger partial charge in [0.05, 0.1) is 17.6 Å². The molecular formula is C21H33ClO5. The number of carboxylic acid groups (broad SMARTS) is 1. The topological polar surface area (TPSA) is 94.8 Å². The smallest absolute Gasteiger partial charge is 0.300 e. The number of ketones is 1. The molecule has 5 nitrogen and oxygen atoms in total. The van der Waals surface area contributed by atoms with Gasteiger partial charge in [-0.1, -0.05) is 6.92 Å². The zero-order chi connectivity index (χ0) is 20.0. The van der Waals surface area contributed by atoms with Crippen LogP contribution in [0.1, 0.15) is 71.6 Å². The number of carbonyl (C=O) groups excluding carboxylic acids is 1. The van der Waals surface area contributed by atoms with E-state index in [-0.39, 0.29) is 23.5 Å². The van der Waals surface area contributed by atoms with Crippen LogP contribution in [-0.4, -0.2) is 44.7 Å². The number of aliphatic carboxylic acids is 1. The first kappa shape index (κ1) is 21.1. The van der Waals surface area contributed by atoms with Gasteiger partial charge in [-0.2, -0.15) is 0 Å². The molecule has 0 aromatic rings. The number of Topliss-reactive ketones (excluding diaryl/α,β-unsaturated/α-hetero) is 1. The normalized spacial score (nSPS) is 48.6. The number of aliphatic hydroxyl groups excluding tert-OH is 2. The van der Waals surface area contributed by atoms with Gasteiger partial charge in [0.25, 0.3) is 5.97 Å². The monoisotopic (exact) mass is 400 g/mol. The molecule has 0 spiro atoms. The third-order valence-corrected chi connectivity index (χ3v) is 9.11. The Morgan fingerprint density at radius 3 is 2.44 bits per heavy atom. The van der Waals surface area contributed by atoms with E-state index in [0.717, 1.165) is 58.3 Å². The molecule has 0 aromatic carbocycles. The average Bonchev–Trinajstić information content (AvgIpc) is 2.89. The van der Waals surface area contributed by atoms with E-state index in [1.54, 1.807) is 0 Å². The van der Waals surface area contributed by atoms with Gasteiger partial charge in [0.15, 0.2) is 0 Å². The lowest BCUT2D eigenvalue weighted by molar-refractivity contribution is -0.149. The van der Waals surface area contributed by atoms with Crippen molar-refractivity contribution in [2.45, 2.75) is 82.6 Å². The van der Waals surface area contributed by atoms with Crippen molar-refractivity contribution in [3.63, 3.8) is 0 Å². The van der Waals surface area contributed by atoms with Gasteiger partial charge in [0.1, 0.15) is 5.78 Å². The molecule has 0 saturated heterocycles. The summed E-state index contributed by atoms with van der Waals surface area (Å²) >= 11 is 7.07. The molecule has 4 rings (SSSR count). The fraction of sp³-hybridized carbons (Fsp3) is 0.905. The zero-order valence-corrected chi connectivity index (χ0v) is 17.2. The summed E-state index contributed by atoms with van der Waals surface area (Å²) in [5.41, 5.74) is -0.387. The molecule has 0 radical (unpaired) electrons. The molecule has 4 aliphatic rings. The lowest BCUT2D eigenvalue weighted by Gasteiger charge is -2.63. The van der Waals surface area contributed by atoms with Crippen molar-refractivity contribution in [3.8, 4) is 0 Å². The summed E-state index contributed by atoms with van der Waals surface area (Å²) in [6.45, 7) is 3.39. The maximum atomic E-state index is 12.4. The van der Waals surface area contributed by atoms with Gasteiger partial charge in [0, 0.05) is 24.2 Å². The second-order valence-corrected chi connectivity index (χ2v) is 10.3. The first-order valence-electron chi connectivity index (χ1n) is 10.3. The van der Waals surface area contributed by atoms with Crippen LogP contribution in [0.15, 0.2) is 0 Å². The summed E-state index contributed by atoms with van der Waals surface area (Å²) in [6, 6.07) is 0. The molecule has 0 unspecified atom stereocenters. The number of rotatable bonds is 1. The highest BCUT2D eigenvalue weighted by atomic mass is 35.5. The van der Waals surface area contributed by atoms with Crippen molar-refractivity contribution in [1.82, 2.24) is 0 Å². The Balaban J connectivity index is 0.000000481. The molecule has 0 aliphatic heterocycles. The average molecular weight is 401 g/mol. The van der Waals surface area contributed by atoms with Crippen molar-refractivity contribution in [2.75, 3.05) is 6.61 Å². The molecule has 3 N–H and O–H groups in total. The lowest BCUT2D eigenvalue weighted by atomic mass is 9.44. The van der Waals surface area contributed by atoms with Gasteiger partial charge in [-0.25, -0.2) is 0 Å². The van der Waals surface area contributed by atoms with Gasteiger partial charge in [-0.15, -0.1) is 11.6 Å².